The molecular weight excluding hydrogens is 444 g/mol. The van der Waals surface area contributed by atoms with Gasteiger partial charge in [0.15, 0.2) is 0 Å². The van der Waals surface area contributed by atoms with Crippen molar-refractivity contribution in [3.8, 4) is 0 Å². The molecule has 0 radical (unpaired) electrons. The Labute approximate surface area is 201 Å². The van der Waals surface area contributed by atoms with E-state index in [2.05, 4.69) is 33.8 Å². The van der Waals surface area contributed by atoms with Gasteiger partial charge in [-0.15, -0.1) is 11.3 Å². The molecule has 0 spiro atoms. The summed E-state index contributed by atoms with van der Waals surface area (Å²) in [6.07, 6.45) is 3.80. The molecule has 1 N–H and O–H groups in total. The fraction of sp³-hybridized carbons (Fsp3) is 0.296. The smallest absolute Gasteiger partial charge is 0.261 e. The molecule has 0 atom stereocenters. The quantitative estimate of drug-likeness (QED) is 0.434. The second-order valence-corrected chi connectivity index (χ2v) is 10.1. The highest BCUT2D eigenvalue weighted by Crippen LogP contribution is 2.35. The fourth-order valence-corrected chi connectivity index (χ4v) is 5.64. The Bertz CT molecular complexity index is 1420. The zero-order valence-electron chi connectivity index (χ0n) is 18.9. The second-order valence-electron chi connectivity index (χ2n) is 9.09. The highest BCUT2D eigenvalue weighted by atomic mass is 32.1. The number of nitrogens with zero attached hydrogens (tertiary/aromatic N) is 3. The number of thiophene rings is 1. The highest BCUT2D eigenvalue weighted by molar-refractivity contribution is 7.10. The average molecular weight is 471 g/mol. The summed E-state index contributed by atoms with van der Waals surface area (Å²) in [7, 11) is 0. The van der Waals surface area contributed by atoms with E-state index in [9.17, 15) is 9.59 Å². The predicted molar refractivity (Wildman–Crippen MR) is 137 cm³/mol. The van der Waals surface area contributed by atoms with Crippen molar-refractivity contribution in [2.75, 3.05) is 16.8 Å². The number of hydrogen-bond donors (Lipinski definition) is 1. The van der Waals surface area contributed by atoms with E-state index in [1.54, 1.807) is 0 Å². The van der Waals surface area contributed by atoms with Gasteiger partial charge < -0.3 is 10.2 Å². The van der Waals surface area contributed by atoms with Crippen LogP contribution in [0.25, 0.3) is 10.9 Å². The van der Waals surface area contributed by atoms with Crippen LogP contribution in [-0.2, 0) is 24.2 Å². The van der Waals surface area contributed by atoms with Gasteiger partial charge in [0.25, 0.3) is 5.56 Å². The first-order valence-electron chi connectivity index (χ1n) is 11.9. The van der Waals surface area contributed by atoms with E-state index >= 15 is 0 Å². The van der Waals surface area contributed by atoms with Gasteiger partial charge in [-0.3, -0.25) is 14.2 Å². The summed E-state index contributed by atoms with van der Waals surface area (Å²) in [5, 5.41) is 5.81. The van der Waals surface area contributed by atoms with Gasteiger partial charge in [0.1, 0.15) is 5.82 Å². The van der Waals surface area contributed by atoms with Crippen molar-refractivity contribution >= 4 is 39.5 Å². The van der Waals surface area contributed by atoms with Gasteiger partial charge in [-0.1, -0.05) is 12.1 Å². The third kappa shape index (κ3) is 4.12. The first kappa shape index (κ1) is 21.1. The van der Waals surface area contributed by atoms with E-state index in [0.717, 1.165) is 38.0 Å². The van der Waals surface area contributed by atoms with Crippen LogP contribution in [0.5, 0.6) is 0 Å². The monoisotopic (exact) mass is 470 g/mol. The van der Waals surface area contributed by atoms with Crippen molar-refractivity contribution in [3.63, 3.8) is 0 Å². The third-order valence-electron chi connectivity index (χ3n) is 6.69. The third-order valence-corrected chi connectivity index (χ3v) is 7.72. The van der Waals surface area contributed by atoms with Crippen LogP contribution in [0.15, 0.2) is 64.8 Å². The summed E-state index contributed by atoms with van der Waals surface area (Å²) >= 11 is 1.84. The van der Waals surface area contributed by atoms with Crippen LogP contribution in [0.4, 0.5) is 11.4 Å². The van der Waals surface area contributed by atoms with Crippen LogP contribution >= 0.6 is 11.3 Å². The highest BCUT2D eigenvalue weighted by Gasteiger charge is 2.28. The van der Waals surface area contributed by atoms with Crippen molar-refractivity contribution in [2.45, 2.75) is 44.7 Å². The molecule has 6 rings (SSSR count). The number of benzene rings is 2. The van der Waals surface area contributed by atoms with Crippen molar-refractivity contribution in [2.24, 2.45) is 0 Å². The average Bonchev–Trinajstić information content (AvgIpc) is 3.58. The van der Waals surface area contributed by atoms with Gasteiger partial charge in [-0.05, 0) is 72.7 Å². The molecule has 2 aliphatic rings. The SMILES string of the molecule is O=C(CCc1nc2ccccc2c(=O)n1C1CC1)Nc1ccc(N2CCc3sccc3C2)cc1. The zero-order chi connectivity index (χ0) is 23.1. The number of rotatable bonds is 6. The molecule has 0 saturated heterocycles. The number of hydrogen-bond acceptors (Lipinski definition) is 5. The summed E-state index contributed by atoms with van der Waals surface area (Å²) in [6.45, 7) is 1.95. The number of carbonyl (C=O) groups excluding carboxylic acids is 1. The van der Waals surface area contributed by atoms with Crippen LogP contribution in [-0.4, -0.2) is 22.0 Å². The van der Waals surface area contributed by atoms with E-state index in [-0.39, 0.29) is 23.9 Å². The lowest BCUT2D eigenvalue weighted by Gasteiger charge is -2.29. The minimum Gasteiger partial charge on any atom is -0.367 e. The number of para-hydroxylation sites is 1. The molecule has 1 saturated carbocycles. The van der Waals surface area contributed by atoms with Crippen LogP contribution in [0.1, 0.15) is 41.6 Å². The lowest BCUT2D eigenvalue weighted by molar-refractivity contribution is -0.116. The van der Waals surface area contributed by atoms with Gasteiger partial charge in [-0.25, -0.2) is 4.98 Å². The number of fused-ring (bicyclic) bond motifs is 2. The van der Waals surface area contributed by atoms with E-state index in [1.807, 2.05) is 52.3 Å². The first-order chi connectivity index (χ1) is 16.7. The molecule has 1 aliphatic carbocycles. The van der Waals surface area contributed by atoms with Gasteiger partial charge in [0.05, 0.1) is 10.9 Å². The molecule has 4 aromatic rings. The number of aryl methyl sites for hydroxylation is 1. The number of carbonyl (C=O) groups is 1. The number of nitrogens with one attached hydrogen (secondary N) is 1. The maximum atomic E-state index is 13.0. The molecule has 0 bridgehead atoms. The predicted octanol–water partition coefficient (Wildman–Crippen LogP) is 4.93. The van der Waals surface area contributed by atoms with Crippen LogP contribution in [0.3, 0.4) is 0 Å². The van der Waals surface area contributed by atoms with Gasteiger partial charge in [-0.2, -0.15) is 0 Å². The Hall–Kier alpha value is -3.45. The minimum atomic E-state index is -0.0709. The van der Waals surface area contributed by atoms with E-state index in [0.29, 0.717) is 23.1 Å². The molecule has 34 heavy (non-hydrogen) atoms. The Kier molecular flexibility index (Phi) is 5.41. The van der Waals surface area contributed by atoms with E-state index in [4.69, 9.17) is 4.98 Å². The minimum absolute atomic E-state index is 0.00591. The number of anilines is 2. The summed E-state index contributed by atoms with van der Waals surface area (Å²) in [6, 6.07) is 17.9. The lowest BCUT2D eigenvalue weighted by atomic mass is 10.1. The standard InChI is InChI=1S/C27H26N4O2S/c32-26(12-11-25-29-23-4-2-1-3-22(23)27(33)31(25)21-9-10-21)28-19-5-7-20(8-6-19)30-15-13-24-18(17-30)14-16-34-24/h1-8,14,16,21H,9-13,15,17H2,(H,28,32). The Morgan fingerprint density at radius 3 is 2.74 bits per heavy atom. The molecule has 0 unspecified atom stereocenters. The number of amides is 1. The Balaban J connectivity index is 1.12. The molecular formula is C27H26N4O2S. The normalized spacial score (nSPS) is 15.4. The molecule has 1 aliphatic heterocycles. The van der Waals surface area contributed by atoms with Gasteiger partial charge in [0, 0.05) is 48.2 Å². The van der Waals surface area contributed by atoms with Gasteiger partial charge >= 0.3 is 0 Å². The zero-order valence-corrected chi connectivity index (χ0v) is 19.7. The molecule has 7 heteroatoms. The van der Waals surface area contributed by atoms with Crippen LogP contribution in [0.2, 0.25) is 0 Å². The number of aromatic nitrogens is 2. The maximum absolute atomic E-state index is 13.0. The molecule has 3 heterocycles. The Morgan fingerprint density at radius 1 is 1.09 bits per heavy atom. The molecule has 1 fully saturated rings. The lowest BCUT2D eigenvalue weighted by Crippen LogP contribution is -2.29. The van der Waals surface area contributed by atoms with Crippen molar-refractivity contribution in [1.82, 2.24) is 9.55 Å². The molecule has 2 aromatic carbocycles. The van der Waals surface area contributed by atoms with Crippen LogP contribution < -0.4 is 15.8 Å². The van der Waals surface area contributed by atoms with Gasteiger partial charge in [0.2, 0.25) is 5.91 Å². The topological polar surface area (TPSA) is 67.2 Å². The van der Waals surface area contributed by atoms with Crippen molar-refractivity contribution in [3.05, 3.63) is 86.6 Å². The summed E-state index contributed by atoms with van der Waals surface area (Å²) in [5.41, 5.74) is 4.08. The largest absolute Gasteiger partial charge is 0.367 e. The first-order valence-corrected chi connectivity index (χ1v) is 12.7. The summed E-state index contributed by atoms with van der Waals surface area (Å²) < 4.78 is 1.81. The molecule has 6 nitrogen and oxygen atoms in total. The van der Waals surface area contributed by atoms with Crippen molar-refractivity contribution < 1.29 is 4.79 Å². The molecule has 172 valence electrons. The Morgan fingerprint density at radius 2 is 1.91 bits per heavy atom. The molecule has 1 amide bonds. The van der Waals surface area contributed by atoms with Crippen molar-refractivity contribution in [1.29, 1.82) is 0 Å². The summed E-state index contributed by atoms with van der Waals surface area (Å²) in [4.78, 5) is 34.3. The van der Waals surface area contributed by atoms with E-state index < -0.39 is 0 Å². The fourth-order valence-electron chi connectivity index (χ4n) is 4.75. The van der Waals surface area contributed by atoms with E-state index in [1.165, 1.54) is 16.1 Å². The maximum Gasteiger partial charge on any atom is 0.261 e. The summed E-state index contributed by atoms with van der Waals surface area (Å²) in [5.74, 6) is 0.632. The second kappa shape index (κ2) is 8.72. The van der Waals surface area contributed by atoms with Crippen LogP contribution in [0, 0.1) is 0 Å². The molecule has 2 aromatic heterocycles.